The van der Waals surface area contributed by atoms with Gasteiger partial charge < -0.3 is 4.42 Å². The van der Waals surface area contributed by atoms with Gasteiger partial charge in [-0.05, 0) is 47.9 Å². The molecule has 106 valence electrons. The summed E-state index contributed by atoms with van der Waals surface area (Å²) in [5, 5.41) is 0. The van der Waals surface area contributed by atoms with E-state index in [0.717, 1.165) is 16.7 Å². The first kappa shape index (κ1) is 12.8. The molecule has 0 aliphatic heterocycles. The van der Waals surface area contributed by atoms with Gasteiger partial charge in [-0.2, -0.15) is 0 Å². The summed E-state index contributed by atoms with van der Waals surface area (Å²) in [6.07, 6.45) is 0. The van der Waals surface area contributed by atoms with Crippen molar-refractivity contribution < 1.29 is 4.42 Å². The van der Waals surface area contributed by atoms with E-state index in [2.05, 4.69) is 60.4 Å². The molecule has 4 rings (SSSR count). The Morgan fingerprint density at radius 3 is 2.18 bits per heavy atom. The van der Waals surface area contributed by atoms with Gasteiger partial charge in [-0.3, -0.25) is 0 Å². The maximum Gasteiger partial charge on any atom is 0.227 e. The minimum absolute atomic E-state index is 0.664. The summed E-state index contributed by atoms with van der Waals surface area (Å²) in [4.78, 5) is 4.54. The molecule has 0 fully saturated rings. The predicted octanol–water partition coefficient (Wildman–Crippen LogP) is 5.47. The Kier molecular flexibility index (Phi) is 3.01. The first-order chi connectivity index (χ1) is 10.8. The van der Waals surface area contributed by atoms with Gasteiger partial charge in [-0.1, -0.05) is 48.5 Å². The van der Waals surface area contributed by atoms with E-state index < -0.39 is 0 Å². The van der Waals surface area contributed by atoms with Crippen molar-refractivity contribution in [2.75, 3.05) is 0 Å². The molecule has 0 saturated heterocycles. The highest BCUT2D eigenvalue weighted by Crippen LogP contribution is 2.28. The average molecular weight is 285 g/mol. The minimum Gasteiger partial charge on any atom is -0.436 e. The normalized spacial score (nSPS) is 11.0. The average Bonchev–Trinajstić information content (AvgIpc) is 2.99. The maximum absolute atomic E-state index is 5.81. The Hall–Kier alpha value is -2.87. The zero-order valence-electron chi connectivity index (χ0n) is 12.3. The van der Waals surface area contributed by atoms with Crippen molar-refractivity contribution in [3.05, 3.63) is 78.4 Å². The number of aryl methyl sites for hydroxylation is 1. The third-order valence-corrected chi connectivity index (χ3v) is 3.88. The molecule has 0 aliphatic carbocycles. The van der Waals surface area contributed by atoms with Crippen LogP contribution in [0.3, 0.4) is 0 Å². The number of para-hydroxylation sites is 2. The summed E-state index contributed by atoms with van der Waals surface area (Å²) in [6, 6.07) is 24.6. The molecule has 2 heteroatoms. The van der Waals surface area contributed by atoms with Crippen LogP contribution in [0, 0.1) is 6.92 Å². The molecule has 2 nitrogen and oxygen atoms in total. The number of benzene rings is 3. The highest BCUT2D eigenvalue weighted by molar-refractivity contribution is 5.77. The number of hydrogen-bond donors (Lipinski definition) is 0. The third kappa shape index (κ3) is 2.19. The van der Waals surface area contributed by atoms with Gasteiger partial charge in [-0.25, -0.2) is 4.98 Å². The molecule has 3 aromatic carbocycles. The lowest BCUT2D eigenvalue weighted by Gasteiger charge is -2.06. The van der Waals surface area contributed by atoms with Crippen LogP contribution < -0.4 is 0 Å². The maximum atomic E-state index is 5.81. The Morgan fingerprint density at radius 2 is 1.41 bits per heavy atom. The standard InChI is InChI=1S/C20H15NO/c1-14-6-2-3-7-17(14)15-10-12-16(13-11-15)20-21-18-8-4-5-9-19(18)22-20/h2-13H,1H3. The first-order valence-electron chi connectivity index (χ1n) is 7.33. The van der Waals surface area contributed by atoms with Crippen LogP contribution in [0.2, 0.25) is 0 Å². The summed E-state index contributed by atoms with van der Waals surface area (Å²) in [5.74, 6) is 0.664. The second-order valence-electron chi connectivity index (χ2n) is 5.38. The zero-order chi connectivity index (χ0) is 14.9. The number of nitrogens with zero attached hydrogens (tertiary/aromatic N) is 1. The number of aromatic nitrogens is 1. The molecular weight excluding hydrogens is 270 g/mol. The fraction of sp³-hybridized carbons (Fsp3) is 0.0500. The van der Waals surface area contributed by atoms with Gasteiger partial charge in [0.2, 0.25) is 5.89 Å². The highest BCUT2D eigenvalue weighted by atomic mass is 16.3. The van der Waals surface area contributed by atoms with E-state index in [1.165, 1.54) is 16.7 Å². The Balaban J connectivity index is 1.74. The lowest BCUT2D eigenvalue weighted by Crippen LogP contribution is -1.83. The molecular formula is C20H15NO. The number of fused-ring (bicyclic) bond motifs is 1. The van der Waals surface area contributed by atoms with Crippen molar-refractivity contribution in [3.8, 4) is 22.6 Å². The van der Waals surface area contributed by atoms with Crippen molar-refractivity contribution in [1.29, 1.82) is 0 Å². The zero-order valence-corrected chi connectivity index (χ0v) is 12.3. The topological polar surface area (TPSA) is 26.0 Å². The van der Waals surface area contributed by atoms with Gasteiger partial charge >= 0.3 is 0 Å². The van der Waals surface area contributed by atoms with E-state index in [-0.39, 0.29) is 0 Å². The Morgan fingerprint density at radius 1 is 0.727 bits per heavy atom. The van der Waals surface area contributed by atoms with Crippen molar-refractivity contribution in [2.24, 2.45) is 0 Å². The lowest BCUT2D eigenvalue weighted by atomic mass is 10.00. The van der Waals surface area contributed by atoms with Crippen LogP contribution in [0.5, 0.6) is 0 Å². The SMILES string of the molecule is Cc1ccccc1-c1ccc(-c2nc3ccccc3o2)cc1. The molecule has 0 atom stereocenters. The van der Waals surface area contributed by atoms with Gasteiger partial charge in [0.1, 0.15) is 5.52 Å². The summed E-state index contributed by atoms with van der Waals surface area (Å²) in [7, 11) is 0. The quantitative estimate of drug-likeness (QED) is 0.488. The minimum atomic E-state index is 0.664. The second kappa shape index (κ2) is 5.15. The Bertz CT molecular complexity index is 902. The van der Waals surface area contributed by atoms with Gasteiger partial charge in [-0.15, -0.1) is 0 Å². The van der Waals surface area contributed by atoms with Crippen molar-refractivity contribution in [3.63, 3.8) is 0 Å². The van der Waals surface area contributed by atoms with Crippen LogP contribution in [0.15, 0.2) is 77.2 Å². The summed E-state index contributed by atoms with van der Waals surface area (Å²) < 4.78 is 5.81. The van der Waals surface area contributed by atoms with E-state index >= 15 is 0 Å². The summed E-state index contributed by atoms with van der Waals surface area (Å²) in [5.41, 5.74) is 6.44. The first-order valence-corrected chi connectivity index (χ1v) is 7.33. The van der Waals surface area contributed by atoms with Gasteiger partial charge in [0.25, 0.3) is 0 Å². The van der Waals surface area contributed by atoms with E-state index in [4.69, 9.17) is 4.42 Å². The number of oxazole rings is 1. The van der Waals surface area contributed by atoms with Gasteiger partial charge in [0.05, 0.1) is 0 Å². The van der Waals surface area contributed by atoms with Crippen LogP contribution in [0.25, 0.3) is 33.7 Å². The molecule has 0 spiro atoms. The van der Waals surface area contributed by atoms with E-state index in [1.807, 2.05) is 24.3 Å². The van der Waals surface area contributed by atoms with E-state index in [9.17, 15) is 0 Å². The largest absolute Gasteiger partial charge is 0.436 e. The molecule has 1 heterocycles. The second-order valence-corrected chi connectivity index (χ2v) is 5.38. The van der Waals surface area contributed by atoms with Crippen LogP contribution >= 0.6 is 0 Å². The molecule has 4 aromatic rings. The van der Waals surface area contributed by atoms with Crippen LogP contribution in [-0.2, 0) is 0 Å². The van der Waals surface area contributed by atoms with Crippen molar-refractivity contribution in [2.45, 2.75) is 6.92 Å². The molecule has 0 aliphatic rings. The lowest BCUT2D eigenvalue weighted by molar-refractivity contribution is 0.620. The molecule has 0 amide bonds. The fourth-order valence-corrected chi connectivity index (χ4v) is 2.68. The van der Waals surface area contributed by atoms with Gasteiger partial charge in [0, 0.05) is 5.56 Å². The van der Waals surface area contributed by atoms with Crippen LogP contribution in [0.1, 0.15) is 5.56 Å². The smallest absolute Gasteiger partial charge is 0.227 e. The molecule has 22 heavy (non-hydrogen) atoms. The molecule has 0 saturated carbocycles. The molecule has 1 aromatic heterocycles. The molecule has 0 radical (unpaired) electrons. The monoisotopic (exact) mass is 285 g/mol. The van der Waals surface area contributed by atoms with E-state index in [1.54, 1.807) is 0 Å². The number of rotatable bonds is 2. The molecule has 0 bridgehead atoms. The predicted molar refractivity (Wildman–Crippen MR) is 89.6 cm³/mol. The molecule has 0 N–H and O–H groups in total. The number of hydrogen-bond acceptors (Lipinski definition) is 2. The van der Waals surface area contributed by atoms with Crippen LogP contribution in [-0.4, -0.2) is 4.98 Å². The Labute approximate surface area is 129 Å². The summed E-state index contributed by atoms with van der Waals surface area (Å²) >= 11 is 0. The third-order valence-electron chi connectivity index (χ3n) is 3.88. The fourth-order valence-electron chi connectivity index (χ4n) is 2.68. The highest BCUT2D eigenvalue weighted by Gasteiger charge is 2.08. The van der Waals surface area contributed by atoms with Crippen molar-refractivity contribution in [1.82, 2.24) is 4.98 Å². The molecule has 0 unspecified atom stereocenters. The van der Waals surface area contributed by atoms with Crippen molar-refractivity contribution >= 4 is 11.1 Å². The van der Waals surface area contributed by atoms with Crippen LogP contribution in [0.4, 0.5) is 0 Å². The summed E-state index contributed by atoms with van der Waals surface area (Å²) in [6.45, 7) is 2.13. The van der Waals surface area contributed by atoms with Gasteiger partial charge in [0.15, 0.2) is 5.58 Å². The van der Waals surface area contributed by atoms with E-state index in [0.29, 0.717) is 5.89 Å².